The van der Waals surface area contributed by atoms with Gasteiger partial charge in [-0.3, -0.25) is 9.59 Å². The summed E-state index contributed by atoms with van der Waals surface area (Å²) in [7, 11) is 0. The summed E-state index contributed by atoms with van der Waals surface area (Å²) in [6, 6.07) is 7.30. The molecule has 1 saturated carbocycles. The van der Waals surface area contributed by atoms with Gasteiger partial charge in [0.05, 0.1) is 0 Å². The van der Waals surface area contributed by atoms with E-state index in [4.69, 9.17) is 10.5 Å². The predicted octanol–water partition coefficient (Wildman–Crippen LogP) is 1.75. The molecule has 1 saturated heterocycles. The fourth-order valence-electron chi connectivity index (χ4n) is 3.06. The fourth-order valence-corrected chi connectivity index (χ4v) is 3.06. The maximum atomic E-state index is 12.4. The van der Waals surface area contributed by atoms with Crippen molar-refractivity contribution in [2.45, 2.75) is 38.1 Å². The van der Waals surface area contributed by atoms with Crippen LogP contribution in [0.4, 0.5) is 5.69 Å². The summed E-state index contributed by atoms with van der Waals surface area (Å²) < 4.78 is 5.63. The normalized spacial score (nSPS) is 20.5. The molecule has 3 rings (SSSR count). The third-order valence-corrected chi connectivity index (χ3v) is 4.63. The zero-order chi connectivity index (χ0) is 16.9. The Morgan fingerprint density at radius 1 is 1.25 bits per heavy atom. The van der Waals surface area contributed by atoms with E-state index in [1.165, 1.54) is 0 Å². The molecule has 2 aliphatic rings. The second-order valence-electron chi connectivity index (χ2n) is 6.55. The van der Waals surface area contributed by atoms with E-state index in [2.05, 4.69) is 5.32 Å². The molecule has 6 heteroatoms. The van der Waals surface area contributed by atoms with Gasteiger partial charge in [0, 0.05) is 36.8 Å². The first-order valence-corrected chi connectivity index (χ1v) is 8.70. The van der Waals surface area contributed by atoms with Gasteiger partial charge in [-0.2, -0.15) is 0 Å². The molecule has 0 radical (unpaired) electrons. The van der Waals surface area contributed by atoms with E-state index in [9.17, 15) is 9.59 Å². The molecule has 24 heavy (non-hydrogen) atoms. The van der Waals surface area contributed by atoms with E-state index in [-0.39, 0.29) is 30.4 Å². The predicted molar refractivity (Wildman–Crippen MR) is 91.7 cm³/mol. The topological polar surface area (TPSA) is 84.7 Å². The summed E-state index contributed by atoms with van der Waals surface area (Å²) in [5.74, 6) is 0.765. The van der Waals surface area contributed by atoms with E-state index in [0.29, 0.717) is 18.0 Å². The maximum Gasteiger partial charge on any atom is 0.260 e. The second kappa shape index (κ2) is 7.66. The van der Waals surface area contributed by atoms with Crippen LogP contribution >= 0.6 is 0 Å². The molecule has 1 aliphatic carbocycles. The van der Waals surface area contributed by atoms with Crippen LogP contribution < -0.4 is 15.8 Å². The molecular formula is C18H25N3O3. The van der Waals surface area contributed by atoms with E-state index in [1.54, 1.807) is 12.1 Å². The number of carbonyl (C=O) groups is 2. The minimum Gasteiger partial charge on any atom is -0.484 e. The number of anilines is 1. The molecule has 0 bridgehead atoms. The number of hydrogen-bond donors (Lipinski definition) is 2. The highest BCUT2D eigenvalue weighted by molar-refractivity contribution is 5.94. The van der Waals surface area contributed by atoms with Gasteiger partial charge in [-0.1, -0.05) is 6.07 Å². The number of rotatable bonds is 6. The molecule has 0 spiro atoms. The highest BCUT2D eigenvalue weighted by Gasteiger charge is 2.29. The molecule has 1 aliphatic heterocycles. The Bertz CT molecular complexity index is 601. The summed E-state index contributed by atoms with van der Waals surface area (Å²) >= 11 is 0. The summed E-state index contributed by atoms with van der Waals surface area (Å²) in [4.78, 5) is 26.0. The van der Waals surface area contributed by atoms with Crippen molar-refractivity contribution in [1.82, 2.24) is 4.90 Å². The molecule has 3 N–H and O–H groups in total. The Morgan fingerprint density at radius 2 is 2.08 bits per heavy atom. The Balaban J connectivity index is 1.53. The van der Waals surface area contributed by atoms with Crippen molar-refractivity contribution in [2.75, 3.05) is 25.0 Å². The first kappa shape index (κ1) is 16.8. The van der Waals surface area contributed by atoms with Gasteiger partial charge in [-0.15, -0.1) is 0 Å². The number of likely N-dealkylation sites (tertiary alicyclic amines) is 1. The van der Waals surface area contributed by atoms with Gasteiger partial charge in [0.25, 0.3) is 5.91 Å². The van der Waals surface area contributed by atoms with Crippen LogP contribution in [0, 0.1) is 5.92 Å². The number of ether oxygens (including phenoxy) is 1. The zero-order valence-electron chi connectivity index (χ0n) is 13.9. The number of amides is 2. The summed E-state index contributed by atoms with van der Waals surface area (Å²) in [5.41, 5.74) is 6.46. The van der Waals surface area contributed by atoms with Crippen LogP contribution in [0.1, 0.15) is 32.1 Å². The number of piperidine rings is 1. The molecule has 1 heterocycles. The molecule has 0 aromatic heterocycles. The average molecular weight is 331 g/mol. The SMILES string of the molecule is NCC1CCCCN1C(=O)COc1cccc(NC(=O)C2CC2)c1. The lowest BCUT2D eigenvalue weighted by atomic mass is 10.0. The molecule has 1 aromatic rings. The van der Waals surface area contributed by atoms with Crippen LogP contribution in [0.15, 0.2) is 24.3 Å². The number of benzene rings is 1. The summed E-state index contributed by atoms with van der Waals surface area (Å²) in [6.45, 7) is 1.24. The highest BCUT2D eigenvalue weighted by atomic mass is 16.5. The van der Waals surface area contributed by atoms with Gasteiger partial charge in [-0.05, 0) is 44.2 Å². The van der Waals surface area contributed by atoms with Crippen LogP contribution in [0.25, 0.3) is 0 Å². The zero-order valence-corrected chi connectivity index (χ0v) is 13.9. The second-order valence-corrected chi connectivity index (χ2v) is 6.55. The summed E-state index contributed by atoms with van der Waals surface area (Å²) in [6.07, 6.45) is 5.04. The lowest BCUT2D eigenvalue weighted by Crippen LogP contribution is -2.49. The first-order valence-electron chi connectivity index (χ1n) is 8.70. The van der Waals surface area contributed by atoms with Crippen LogP contribution in [0.2, 0.25) is 0 Å². The van der Waals surface area contributed by atoms with Gasteiger partial charge in [0.2, 0.25) is 5.91 Å². The Morgan fingerprint density at radius 3 is 2.83 bits per heavy atom. The molecule has 2 fully saturated rings. The third-order valence-electron chi connectivity index (χ3n) is 4.63. The highest BCUT2D eigenvalue weighted by Crippen LogP contribution is 2.30. The average Bonchev–Trinajstić information content (AvgIpc) is 3.45. The monoisotopic (exact) mass is 331 g/mol. The van der Waals surface area contributed by atoms with Gasteiger partial charge < -0.3 is 20.7 Å². The van der Waals surface area contributed by atoms with Gasteiger partial charge in [0.1, 0.15) is 5.75 Å². The lowest BCUT2D eigenvalue weighted by Gasteiger charge is -2.34. The quantitative estimate of drug-likeness (QED) is 0.832. The largest absolute Gasteiger partial charge is 0.484 e. The number of nitrogens with zero attached hydrogens (tertiary/aromatic N) is 1. The van der Waals surface area contributed by atoms with Crippen LogP contribution in [-0.4, -0.2) is 42.5 Å². The number of hydrogen-bond acceptors (Lipinski definition) is 4. The lowest BCUT2D eigenvalue weighted by molar-refractivity contribution is -0.136. The van der Waals surface area contributed by atoms with E-state index < -0.39 is 0 Å². The molecule has 1 unspecified atom stereocenters. The smallest absolute Gasteiger partial charge is 0.260 e. The molecule has 1 aromatic carbocycles. The number of nitrogens with two attached hydrogens (primary N) is 1. The van der Waals surface area contributed by atoms with Gasteiger partial charge >= 0.3 is 0 Å². The fraction of sp³-hybridized carbons (Fsp3) is 0.556. The standard InChI is InChI=1S/C18H25N3O3/c19-11-15-5-1-2-9-21(15)17(22)12-24-16-6-3-4-14(10-16)20-18(23)13-7-8-13/h3-4,6,10,13,15H,1-2,5,7-9,11-12,19H2,(H,20,23). The maximum absolute atomic E-state index is 12.4. The minimum atomic E-state index is -0.0300. The van der Waals surface area contributed by atoms with Gasteiger partial charge in [-0.25, -0.2) is 0 Å². The first-order chi connectivity index (χ1) is 11.7. The van der Waals surface area contributed by atoms with E-state index in [0.717, 1.165) is 38.6 Å². The van der Waals surface area contributed by atoms with Crippen molar-refractivity contribution < 1.29 is 14.3 Å². The number of nitrogens with one attached hydrogen (secondary N) is 1. The van der Waals surface area contributed by atoms with E-state index >= 15 is 0 Å². The summed E-state index contributed by atoms with van der Waals surface area (Å²) in [5, 5.41) is 2.88. The third kappa shape index (κ3) is 4.26. The molecule has 2 amide bonds. The van der Waals surface area contributed by atoms with Crippen molar-refractivity contribution in [2.24, 2.45) is 11.7 Å². The Kier molecular flexibility index (Phi) is 5.35. The van der Waals surface area contributed by atoms with E-state index in [1.807, 2.05) is 17.0 Å². The van der Waals surface area contributed by atoms with Crippen molar-refractivity contribution in [3.63, 3.8) is 0 Å². The molecule has 6 nitrogen and oxygen atoms in total. The number of carbonyl (C=O) groups excluding carboxylic acids is 2. The van der Waals surface area contributed by atoms with Crippen molar-refractivity contribution in [3.05, 3.63) is 24.3 Å². The van der Waals surface area contributed by atoms with Crippen LogP contribution in [0.3, 0.4) is 0 Å². The van der Waals surface area contributed by atoms with Crippen molar-refractivity contribution in [3.8, 4) is 5.75 Å². The molecular weight excluding hydrogens is 306 g/mol. The van der Waals surface area contributed by atoms with Gasteiger partial charge in [0.15, 0.2) is 6.61 Å². The van der Waals surface area contributed by atoms with Crippen molar-refractivity contribution >= 4 is 17.5 Å². The molecule has 1 atom stereocenters. The Labute approximate surface area is 142 Å². The van der Waals surface area contributed by atoms with Crippen molar-refractivity contribution in [1.29, 1.82) is 0 Å². The minimum absolute atomic E-state index is 0.00345. The molecule has 130 valence electrons. The Hall–Kier alpha value is -2.08. The van der Waals surface area contributed by atoms with Crippen LogP contribution in [0.5, 0.6) is 5.75 Å². The van der Waals surface area contributed by atoms with Crippen LogP contribution in [-0.2, 0) is 9.59 Å².